The molecule has 0 unspecified atom stereocenters. The van der Waals surface area contributed by atoms with E-state index in [0.717, 1.165) is 5.56 Å². The number of aliphatic hydroxyl groups excluding tert-OH is 1. The highest BCUT2D eigenvalue weighted by molar-refractivity contribution is 5.19. The van der Waals surface area contributed by atoms with Crippen LogP contribution in [0.2, 0.25) is 0 Å². The van der Waals surface area contributed by atoms with Gasteiger partial charge in [-0.25, -0.2) is 0 Å². The number of terminal acetylenes is 1. The number of hydrogen-bond donors (Lipinski definition) is 2. The fourth-order valence-electron chi connectivity index (χ4n) is 2.03. The van der Waals surface area contributed by atoms with Crippen LogP contribution in [0.1, 0.15) is 24.9 Å². The molecular formula is C15H21NO2. The van der Waals surface area contributed by atoms with E-state index in [2.05, 4.69) is 11.2 Å². The summed E-state index contributed by atoms with van der Waals surface area (Å²) in [6, 6.07) is 9.68. The zero-order valence-corrected chi connectivity index (χ0v) is 11.0. The molecule has 0 spiro atoms. The molecule has 1 aromatic rings. The third-order valence-electron chi connectivity index (χ3n) is 2.86. The lowest BCUT2D eigenvalue weighted by Crippen LogP contribution is -2.48. The molecule has 0 aromatic heterocycles. The van der Waals surface area contributed by atoms with Crippen molar-refractivity contribution >= 4 is 0 Å². The molecule has 1 rings (SSSR count). The van der Waals surface area contributed by atoms with Gasteiger partial charge < -0.3 is 9.84 Å². The predicted molar refractivity (Wildman–Crippen MR) is 73.1 cm³/mol. The summed E-state index contributed by atoms with van der Waals surface area (Å²) in [5, 5.41) is 12.9. The quantitative estimate of drug-likeness (QED) is 0.721. The highest BCUT2D eigenvalue weighted by Gasteiger charge is 2.26. The third kappa shape index (κ3) is 4.15. The molecule has 0 saturated carbocycles. The minimum absolute atomic E-state index is 0.0217. The molecule has 2 N–H and O–H groups in total. The molecule has 0 aliphatic rings. The lowest BCUT2D eigenvalue weighted by Gasteiger charge is -2.33. The second-order valence-electron chi connectivity index (χ2n) is 4.66. The van der Waals surface area contributed by atoms with Gasteiger partial charge in [0.1, 0.15) is 0 Å². The van der Waals surface area contributed by atoms with Gasteiger partial charge >= 0.3 is 0 Å². The lowest BCUT2D eigenvalue weighted by molar-refractivity contribution is 0.102. The molecule has 3 heteroatoms. The van der Waals surface area contributed by atoms with E-state index in [-0.39, 0.29) is 18.2 Å². The van der Waals surface area contributed by atoms with Gasteiger partial charge in [-0.1, -0.05) is 30.3 Å². The fraction of sp³-hybridized carbons (Fsp3) is 0.467. The molecule has 0 fully saturated rings. The summed E-state index contributed by atoms with van der Waals surface area (Å²) in [5.41, 5.74) is 0.701. The van der Waals surface area contributed by atoms with Crippen molar-refractivity contribution in [3.63, 3.8) is 0 Å². The average molecular weight is 247 g/mol. The number of ether oxygens (including phenoxy) is 1. The monoisotopic (exact) mass is 247 g/mol. The first-order chi connectivity index (χ1) is 8.65. The Morgan fingerprint density at radius 1 is 1.44 bits per heavy atom. The van der Waals surface area contributed by atoms with Crippen molar-refractivity contribution in [3.05, 3.63) is 35.9 Å². The van der Waals surface area contributed by atoms with Crippen molar-refractivity contribution in [2.45, 2.75) is 24.9 Å². The molecule has 0 aliphatic heterocycles. The molecule has 2 atom stereocenters. The molecule has 0 aliphatic carbocycles. The fourth-order valence-corrected chi connectivity index (χ4v) is 2.03. The minimum Gasteiger partial charge on any atom is -0.394 e. The third-order valence-corrected chi connectivity index (χ3v) is 2.86. The summed E-state index contributed by atoms with van der Waals surface area (Å²) in [6.45, 7) is 2.52. The SMILES string of the molecule is C#CC[C@@](C)(COC)N[C@H](CO)c1ccccc1. The first-order valence-electron chi connectivity index (χ1n) is 6.01. The number of hydrogen-bond acceptors (Lipinski definition) is 3. The molecular weight excluding hydrogens is 226 g/mol. The van der Waals surface area contributed by atoms with E-state index in [1.807, 2.05) is 37.3 Å². The Morgan fingerprint density at radius 3 is 2.61 bits per heavy atom. The number of benzene rings is 1. The molecule has 0 radical (unpaired) electrons. The first-order valence-corrected chi connectivity index (χ1v) is 6.01. The molecule has 18 heavy (non-hydrogen) atoms. The molecule has 1 aromatic carbocycles. The largest absolute Gasteiger partial charge is 0.394 e. The zero-order chi connectivity index (χ0) is 13.4. The van der Waals surface area contributed by atoms with Crippen LogP contribution in [0.25, 0.3) is 0 Å². The van der Waals surface area contributed by atoms with Gasteiger partial charge in [-0.3, -0.25) is 5.32 Å². The lowest BCUT2D eigenvalue weighted by atomic mass is 9.96. The van der Waals surface area contributed by atoms with Crippen LogP contribution in [0.15, 0.2) is 30.3 Å². The predicted octanol–water partition coefficient (Wildman–Crippen LogP) is 1.74. The summed E-state index contributed by atoms with van der Waals surface area (Å²) < 4.78 is 5.20. The van der Waals surface area contributed by atoms with Gasteiger partial charge in [0.15, 0.2) is 0 Å². The smallest absolute Gasteiger partial charge is 0.0651 e. The van der Waals surface area contributed by atoms with Crippen molar-refractivity contribution in [3.8, 4) is 12.3 Å². The minimum atomic E-state index is -0.341. The topological polar surface area (TPSA) is 41.5 Å². The van der Waals surface area contributed by atoms with E-state index in [4.69, 9.17) is 11.2 Å². The van der Waals surface area contributed by atoms with Crippen molar-refractivity contribution < 1.29 is 9.84 Å². The maximum absolute atomic E-state index is 9.52. The maximum atomic E-state index is 9.52. The summed E-state index contributed by atoms with van der Waals surface area (Å²) in [5.74, 6) is 2.65. The van der Waals surface area contributed by atoms with Crippen LogP contribution < -0.4 is 5.32 Å². The van der Waals surface area contributed by atoms with Crippen LogP contribution in [0.4, 0.5) is 0 Å². The van der Waals surface area contributed by atoms with Crippen LogP contribution in [0.3, 0.4) is 0 Å². The van der Waals surface area contributed by atoms with E-state index in [1.54, 1.807) is 7.11 Å². The maximum Gasteiger partial charge on any atom is 0.0651 e. The first kappa shape index (κ1) is 14.7. The van der Waals surface area contributed by atoms with Gasteiger partial charge in [0, 0.05) is 13.5 Å². The van der Waals surface area contributed by atoms with Crippen LogP contribution in [-0.2, 0) is 4.74 Å². The van der Waals surface area contributed by atoms with Gasteiger partial charge in [0.25, 0.3) is 0 Å². The summed E-state index contributed by atoms with van der Waals surface area (Å²) in [7, 11) is 1.65. The number of rotatable bonds is 7. The summed E-state index contributed by atoms with van der Waals surface area (Å²) in [4.78, 5) is 0. The van der Waals surface area contributed by atoms with Gasteiger partial charge in [0.2, 0.25) is 0 Å². The van der Waals surface area contributed by atoms with Gasteiger partial charge in [0.05, 0.1) is 24.8 Å². The summed E-state index contributed by atoms with van der Waals surface area (Å²) in [6.07, 6.45) is 5.94. The Balaban J connectivity index is 2.81. The van der Waals surface area contributed by atoms with Crippen molar-refractivity contribution in [1.82, 2.24) is 5.32 Å². The standard InChI is InChI=1S/C15H21NO2/c1-4-10-15(2,12-18-3)16-14(11-17)13-8-6-5-7-9-13/h1,5-9,14,16-17H,10-12H2,2-3H3/t14-,15+/m1/s1. The number of nitrogens with one attached hydrogen (secondary N) is 1. The molecule has 3 nitrogen and oxygen atoms in total. The number of methoxy groups -OCH3 is 1. The van der Waals surface area contributed by atoms with E-state index < -0.39 is 0 Å². The molecule has 0 saturated heterocycles. The molecule has 0 amide bonds. The molecule has 98 valence electrons. The van der Waals surface area contributed by atoms with Crippen molar-refractivity contribution in [2.75, 3.05) is 20.3 Å². The van der Waals surface area contributed by atoms with E-state index in [0.29, 0.717) is 13.0 Å². The Labute approximate surface area is 109 Å². The van der Waals surface area contributed by atoms with Crippen LogP contribution in [-0.4, -0.2) is 31.0 Å². The molecule has 0 bridgehead atoms. The van der Waals surface area contributed by atoms with Crippen LogP contribution in [0.5, 0.6) is 0 Å². The van der Waals surface area contributed by atoms with Gasteiger partial charge in [-0.15, -0.1) is 12.3 Å². The van der Waals surface area contributed by atoms with Gasteiger partial charge in [-0.05, 0) is 12.5 Å². The van der Waals surface area contributed by atoms with E-state index >= 15 is 0 Å². The average Bonchev–Trinajstić information content (AvgIpc) is 2.38. The van der Waals surface area contributed by atoms with Crippen molar-refractivity contribution in [2.24, 2.45) is 0 Å². The van der Waals surface area contributed by atoms with E-state index in [9.17, 15) is 5.11 Å². The highest BCUT2D eigenvalue weighted by atomic mass is 16.5. The molecule has 0 heterocycles. The zero-order valence-electron chi connectivity index (χ0n) is 11.0. The van der Waals surface area contributed by atoms with E-state index in [1.165, 1.54) is 0 Å². The second kappa shape index (κ2) is 7.17. The Kier molecular flexibility index (Phi) is 5.87. The Morgan fingerprint density at radius 2 is 2.11 bits per heavy atom. The van der Waals surface area contributed by atoms with Crippen LogP contribution >= 0.6 is 0 Å². The Hall–Kier alpha value is -1.34. The van der Waals surface area contributed by atoms with Crippen molar-refractivity contribution in [1.29, 1.82) is 0 Å². The summed E-state index contributed by atoms with van der Waals surface area (Å²) >= 11 is 0. The second-order valence-corrected chi connectivity index (χ2v) is 4.66. The Bertz CT molecular complexity index is 385. The van der Waals surface area contributed by atoms with Gasteiger partial charge in [-0.2, -0.15) is 0 Å². The number of aliphatic hydroxyl groups is 1. The highest BCUT2D eigenvalue weighted by Crippen LogP contribution is 2.19. The normalized spacial score (nSPS) is 15.7. The van der Waals surface area contributed by atoms with Crippen LogP contribution in [0, 0.1) is 12.3 Å².